The number of rotatable bonds is 10. The van der Waals surface area contributed by atoms with Crippen LogP contribution in [0.2, 0.25) is 25.7 Å². The van der Waals surface area contributed by atoms with Crippen molar-refractivity contribution < 1.29 is 17.9 Å². The molecule has 190 valence electrons. The number of pyridine rings is 1. The fourth-order valence-electron chi connectivity index (χ4n) is 3.59. The van der Waals surface area contributed by atoms with Crippen LogP contribution >= 0.6 is 15.9 Å². The topological polar surface area (TPSA) is 116 Å². The first-order valence-electron chi connectivity index (χ1n) is 11.3. The molecule has 3 heterocycles. The van der Waals surface area contributed by atoms with Crippen LogP contribution in [0.5, 0.6) is 5.75 Å². The predicted octanol–water partition coefficient (Wildman–Crippen LogP) is 3.08. The van der Waals surface area contributed by atoms with E-state index >= 15 is 0 Å². The molecule has 0 bridgehead atoms. The van der Waals surface area contributed by atoms with Gasteiger partial charge in [0.15, 0.2) is 11.6 Å². The third-order valence-electron chi connectivity index (χ3n) is 5.76. The van der Waals surface area contributed by atoms with Crippen LogP contribution in [-0.2, 0) is 21.5 Å². The number of nitrogens with zero attached hydrogens (tertiary/aromatic N) is 5. The van der Waals surface area contributed by atoms with Crippen LogP contribution in [-0.4, -0.2) is 81.0 Å². The summed E-state index contributed by atoms with van der Waals surface area (Å²) in [4.78, 5) is 11.2. The van der Waals surface area contributed by atoms with Gasteiger partial charge < -0.3 is 20.1 Å². The molecule has 0 amide bonds. The number of aromatic nitrogens is 3. The maximum absolute atomic E-state index is 12.3. The highest BCUT2D eigenvalue weighted by molar-refractivity contribution is 9.10. The second-order valence-corrected chi connectivity index (χ2v) is 18.1. The van der Waals surface area contributed by atoms with E-state index in [1.54, 1.807) is 30.6 Å². The summed E-state index contributed by atoms with van der Waals surface area (Å²) in [5.74, 6) is 1.61. The second-order valence-electron chi connectivity index (χ2n) is 9.43. The molecule has 2 aromatic rings. The molecule has 1 saturated heterocycles. The first-order valence-corrected chi connectivity index (χ1v) is 17.4. The van der Waals surface area contributed by atoms with Crippen LogP contribution < -0.4 is 15.4 Å². The Kier molecular flexibility index (Phi) is 8.66. The molecular formula is C21H35BrN6O4SSi. The fraction of sp³-hybridized carbons (Fsp3) is 0.619. The normalized spacial score (nSPS) is 15.6. The Morgan fingerprint density at radius 2 is 1.88 bits per heavy atom. The number of hydrogen-bond acceptors (Lipinski definition) is 8. The quantitative estimate of drug-likeness (QED) is 0.340. The Labute approximate surface area is 211 Å². The molecule has 1 fully saturated rings. The first kappa shape index (κ1) is 26.9. The van der Waals surface area contributed by atoms with Gasteiger partial charge in [0.1, 0.15) is 17.0 Å². The number of anilines is 2. The maximum atomic E-state index is 12.3. The molecule has 1 aliphatic rings. The lowest BCUT2D eigenvalue weighted by molar-refractivity contribution is 0.0864. The highest BCUT2D eigenvalue weighted by Gasteiger charge is 2.29. The molecule has 0 radical (unpaired) electrons. The fourth-order valence-corrected chi connectivity index (χ4v) is 6.01. The van der Waals surface area contributed by atoms with Crippen molar-refractivity contribution in [3.05, 3.63) is 16.9 Å². The van der Waals surface area contributed by atoms with E-state index in [4.69, 9.17) is 20.2 Å². The van der Waals surface area contributed by atoms with Crippen LogP contribution in [0.25, 0.3) is 11.3 Å². The monoisotopic (exact) mass is 574 g/mol. The predicted molar refractivity (Wildman–Crippen MR) is 141 cm³/mol. The Morgan fingerprint density at radius 1 is 1.21 bits per heavy atom. The number of imidazole rings is 1. The number of hydrogen-bond donors (Lipinski definition) is 1. The summed E-state index contributed by atoms with van der Waals surface area (Å²) in [5.41, 5.74) is 7.34. The summed E-state index contributed by atoms with van der Waals surface area (Å²) in [6, 6.07) is 2.87. The molecule has 2 aromatic heterocycles. The molecule has 0 atom stereocenters. The highest BCUT2D eigenvalue weighted by atomic mass is 79.9. The van der Waals surface area contributed by atoms with Crippen molar-refractivity contribution in [1.82, 2.24) is 18.8 Å². The lowest BCUT2D eigenvalue weighted by Gasteiger charge is -2.34. The molecule has 3 rings (SSSR count). The van der Waals surface area contributed by atoms with E-state index in [1.165, 1.54) is 0 Å². The summed E-state index contributed by atoms with van der Waals surface area (Å²) in [6.07, 6.45) is 1.66. The Balaban J connectivity index is 1.90. The summed E-state index contributed by atoms with van der Waals surface area (Å²) in [5, 5.41) is 0. The van der Waals surface area contributed by atoms with Crippen LogP contribution in [0.1, 0.15) is 6.92 Å². The Morgan fingerprint density at radius 3 is 2.47 bits per heavy atom. The van der Waals surface area contributed by atoms with Crippen molar-refractivity contribution in [3.63, 3.8) is 0 Å². The van der Waals surface area contributed by atoms with Gasteiger partial charge in [-0.15, -0.1) is 0 Å². The summed E-state index contributed by atoms with van der Waals surface area (Å²) in [6.45, 7) is 11.6. The number of halogens is 1. The van der Waals surface area contributed by atoms with Crippen molar-refractivity contribution in [2.24, 2.45) is 0 Å². The van der Waals surface area contributed by atoms with E-state index in [0.717, 1.165) is 22.2 Å². The number of nitrogens with two attached hydrogens (primary N) is 1. The van der Waals surface area contributed by atoms with E-state index in [0.29, 0.717) is 56.8 Å². The van der Waals surface area contributed by atoms with Gasteiger partial charge in [-0.05, 0) is 35.0 Å². The smallest absolute Gasteiger partial charge is 0.213 e. The lowest BCUT2D eigenvalue weighted by atomic mass is 10.2. The molecule has 13 heteroatoms. The van der Waals surface area contributed by atoms with Crippen molar-refractivity contribution in [2.75, 3.05) is 56.3 Å². The zero-order valence-electron chi connectivity index (χ0n) is 20.5. The zero-order chi connectivity index (χ0) is 25.1. The molecule has 0 aliphatic carbocycles. The lowest BCUT2D eigenvalue weighted by Crippen LogP contribution is -2.49. The van der Waals surface area contributed by atoms with E-state index in [9.17, 15) is 8.42 Å². The van der Waals surface area contributed by atoms with Crippen LogP contribution in [0.3, 0.4) is 0 Å². The van der Waals surface area contributed by atoms with Gasteiger partial charge >= 0.3 is 0 Å². The Bertz CT molecular complexity index is 1100. The molecule has 0 spiro atoms. The zero-order valence-corrected chi connectivity index (χ0v) is 23.9. The second kappa shape index (κ2) is 10.9. The van der Waals surface area contributed by atoms with Crippen LogP contribution in [0, 0.1) is 0 Å². The largest absolute Gasteiger partial charge is 0.493 e. The summed E-state index contributed by atoms with van der Waals surface area (Å²) < 4.78 is 40.2. The third kappa shape index (κ3) is 6.30. The molecule has 0 unspecified atom stereocenters. The van der Waals surface area contributed by atoms with Crippen molar-refractivity contribution in [2.45, 2.75) is 39.3 Å². The molecule has 10 nitrogen and oxygen atoms in total. The van der Waals surface area contributed by atoms with Crippen molar-refractivity contribution in [1.29, 1.82) is 0 Å². The molecule has 2 N–H and O–H groups in total. The third-order valence-corrected chi connectivity index (χ3v) is 10.1. The minimum absolute atomic E-state index is 0.105. The average molecular weight is 576 g/mol. The van der Waals surface area contributed by atoms with E-state index in [1.807, 2.05) is 4.57 Å². The maximum Gasteiger partial charge on any atom is 0.213 e. The molecule has 1 aliphatic heterocycles. The average Bonchev–Trinajstić information content (AvgIpc) is 3.12. The van der Waals surface area contributed by atoms with Gasteiger partial charge in [-0.25, -0.2) is 18.4 Å². The van der Waals surface area contributed by atoms with Gasteiger partial charge in [0, 0.05) is 52.6 Å². The number of ether oxygens (including phenoxy) is 2. The van der Waals surface area contributed by atoms with E-state index in [2.05, 4.69) is 45.5 Å². The van der Waals surface area contributed by atoms with Gasteiger partial charge in [-0.1, -0.05) is 19.6 Å². The number of methoxy groups -OCH3 is 1. The molecule has 0 saturated carbocycles. The SMILES string of the molecule is CCS(=O)(=O)N1CCN(c2nc(-c3cnc(N)c(OC)c3)c(Br)n2COCC[Si](C)(C)C)CC1. The highest BCUT2D eigenvalue weighted by Crippen LogP contribution is 2.35. The van der Waals surface area contributed by atoms with Gasteiger partial charge in [0.05, 0.1) is 12.9 Å². The van der Waals surface area contributed by atoms with Gasteiger partial charge in [-0.3, -0.25) is 4.57 Å². The minimum atomic E-state index is -3.21. The van der Waals surface area contributed by atoms with Gasteiger partial charge in [-0.2, -0.15) is 4.31 Å². The summed E-state index contributed by atoms with van der Waals surface area (Å²) >= 11 is 3.71. The van der Waals surface area contributed by atoms with Gasteiger partial charge in [0.25, 0.3) is 0 Å². The van der Waals surface area contributed by atoms with Crippen molar-refractivity contribution in [3.8, 4) is 17.0 Å². The minimum Gasteiger partial charge on any atom is -0.493 e. The number of piperazine rings is 1. The van der Waals surface area contributed by atoms with E-state index in [-0.39, 0.29) is 5.75 Å². The standard InChI is InChI=1S/C21H35BrN6O4SSi/c1-6-33(29,30)27-9-7-26(8-10-27)21-25-18(16-13-17(31-2)20(23)24-14-16)19(22)28(21)15-32-11-12-34(3,4)5/h13-14H,6-12,15H2,1-5H3,(H2,23,24). The van der Waals surface area contributed by atoms with Crippen molar-refractivity contribution >= 4 is 45.8 Å². The Hall–Kier alpha value is -1.67. The number of sulfonamides is 1. The first-order chi connectivity index (χ1) is 16.0. The molecule has 34 heavy (non-hydrogen) atoms. The summed E-state index contributed by atoms with van der Waals surface area (Å²) in [7, 11) is -2.88. The molecule has 0 aromatic carbocycles. The van der Waals surface area contributed by atoms with E-state index < -0.39 is 18.1 Å². The van der Waals surface area contributed by atoms with Crippen LogP contribution in [0.4, 0.5) is 11.8 Å². The van der Waals surface area contributed by atoms with Gasteiger partial charge in [0.2, 0.25) is 16.0 Å². The number of nitrogen functional groups attached to an aromatic ring is 1. The molecular weight excluding hydrogens is 540 g/mol. The van der Waals surface area contributed by atoms with Crippen LogP contribution in [0.15, 0.2) is 16.9 Å².